The van der Waals surface area contributed by atoms with Crippen molar-refractivity contribution in [3.63, 3.8) is 0 Å². The molecule has 1 aromatic rings. The molecule has 0 unspecified atom stereocenters. The molecule has 0 heterocycles. The van der Waals surface area contributed by atoms with E-state index in [-0.39, 0.29) is 12.5 Å². The lowest BCUT2D eigenvalue weighted by atomic mass is 10.1. The van der Waals surface area contributed by atoms with E-state index in [4.69, 9.17) is 4.74 Å². The number of carbonyl (C=O) groups excluding carboxylic acids is 2. The Hall–Kier alpha value is -2.77. The highest BCUT2D eigenvalue weighted by molar-refractivity contribution is 5.85. The highest BCUT2D eigenvalue weighted by Gasteiger charge is 2.16. The molecule has 0 aliphatic rings. The maximum Gasteiger partial charge on any atom is 0.412 e. The third kappa shape index (κ3) is 10.4. The summed E-state index contributed by atoms with van der Waals surface area (Å²) in [5.74, 6) is 0.504. The Kier molecular flexibility index (Phi) is 9.84. The lowest BCUT2D eigenvalue weighted by molar-refractivity contribution is -0.119. The van der Waals surface area contributed by atoms with E-state index >= 15 is 0 Å². The van der Waals surface area contributed by atoms with Gasteiger partial charge in [-0.15, -0.1) is 0 Å². The van der Waals surface area contributed by atoms with Crippen molar-refractivity contribution in [2.45, 2.75) is 46.6 Å². The van der Waals surface area contributed by atoms with Gasteiger partial charge in [-0.05, 0) is 58.7 Å². The number of amides is 2. The van der Waals surface area contributed by atoms with Crippen LogP contribution in [0.25, 0.3) is 0 Å². The van der Waals surface area contributed by atoms with Gasteiger partial charge in [0.25, 0.3) is 0 Å². The van der Waals surface area contributed by atoms with E-state index in [2.05, 4.69) is 26.3 Å². The molecule has 0 spiro atoms. The van der Waals surface area contributed by atoms with Crippen LogP contribution in [0.5, 0.6) is 0 Å². The van der Waals surface area contributed by atoms with E-state index in [1.807, 2.05) is 58.9 Å². The second-order valence-corrected chi connectivity index (χ2v) is 7.15. The van der Waals surface area contributed by atoms with Gasteiger partial charge >= 0.3 is 6.09 Å². The van der Waals surface area contributed by atoms with Crippen LogP contribution in [-0.4, -0.2) is 49.7 Å². The Balaban J connectivity index is 2.47. The first kappa shape index (κ1) is 23.3. The van der Waals surface area contributed by atoms with Crippen molar-refractivity contribution in [2.75, 3.05) is 31.5 Å². The number of hydrogen-bond acceptors (Lipinski definition) is 4. The van der Waals surface area contributed by atoms with Gasteiger partial charge in [0.1, 0.15) is 12.1 Å². The summed E-state index contributed by atoms with van der Waals surface area (Å²) in [6.07, 6.45) is 0.304. The summed E-state index contributed by atoms with van der Waals surface area (Å²) in [5.41, 5.74) is 1.27. The Bertz CT molecular complexity index is 651. The summed E-state index contributed by atoms with van der Waals surface area (Å²) in [6.45, 7) is 11.4. The predicted octanol–water partition coefficient (Wildman–Crippen LogP) is 2.27. The number of ether oxygens (including phenoxy) is 1. The molecule has 8 heteroatoms. The van der Waals surface area contributed by atoms with Gasteiger partial charge in [0, 0.05) is 25.3 Å². The molecule has 0 aliphatic heterocycles. The molecule has 0 aliphatic carbocycles. The van der Waals surface area contributed by atoms with E-state index in [1.54, 1.807) is 0 Å². The standard InChI is InChI=1S/C20H33N5O3/c1-6-21-17(26)14-24-18(22-7-2)23-13-12-15-8-10-16(11-9-15)25-19(27)28-20(3,4)5/h8-11H,6-7,12-14H2,1-5H3,(H,21,26)(H,25,27)(H2,22,23,24). The molecule has 0 fully saturated rings. The van der Waals surface area contributed by atoms with Crippen molar-refractivity contribution >= 4 is 23.6 Å². The quantitative estimate of drug-likeness (QED) is 0.402. The summed E-state index contributed by atoms with van der Waals surface area (Å²) in [7, 11) is 0. The molecule has 2 amide bonds. The molecule has 4 N–H and O–H groups in total. The van der Waals surface area contributed by atoms with E-state index in [9.17, 15) is 9.59 Å². The molecule has 1 rings (SSSR count). The van der Waals surface area contributed by atoms with Crippen molar-refractivity contribution in [2.24, 2.45) is 4.99 Å². The van der Waals surface area contributed by atoms with Crippen molar-refractivity contribution in [3.8, 4) is 0 Å². The molecular weight excluding hydrogens is 358 g/mol. The number of carbonyl (C=O) groups is 2. The molecule has 0 atom stereocenters. The molecule has 0 radical (unpaired) electrons. The second-order valence-electron chi connectivity index (χ2n) is 7.15. The van der Waals surface area contributed by atoms with Crippen LogP contribution in [0.2, 0.25) is 0 Å². The fraction of sp³-hybridized carbons (Fsp3) is 0.550. The zero-order chi connectivity index (χ0) is 21.0. The second kappa shape index (κ2) is 11.8. The first-order valence-corrected chi connectivity index (χ1v) is 9.61. The molecule has 28 heavy (non-hydrogen) atoms. The highest BCUT2D eigenvalue weighted by Crippen LogP contribution is 2.13. The Morgan fingerprint density at radius 1 is 1.00 bits per heavy atom. The van der Waals surface area contributed by atoms with E-state index in [0.29, 0.717) is 31.3 Å². The predicted molar refractivity (Wildman–Crippen MR) is 113 cm³/mol. The number of nitrogens with one attached hydrogen (secondary N) is 4. The third-order valence-electron chi connectivity index (χ3n) is 3.40. The minimum absolute atomic E-state index is 0.0915. The van der Waals surface area contributed by atoms with Crippen LogP contribution in [0.15, 0.2) is 29.3 Å². The Morgan fingerprint density at radius 3 is 2.21 bits per heavy atom. The number of rotatable bonds is 8. The smallest absolute Gasteiger partial charge is 0.412 e. The minimum atomic E-state index is -0.529. The monoisotopic (exact) mass is 391 g/mol. The largest absolute Gasteiger partial charge is 0.444 e. The van der Waals surface area contributed by atoms with E-state index in [1.165, 1.54) is 0 Å². The van der Waals surface area contributed by atoms with Crippen LogP contribution >= 0.6 is 0 Å². The molecule has 156 valence electrons. The summed E-state index contributed by atoms with van der Waals surface area (Å²) in [4.78, 5) is 27.6. The zero-order valence-corrected chi connectivity index (χ0v) is 17.5. The van der Waals surface area contributed by atoms with Crippen LogP contribution in [0, 0.1) is 0 Å². The summed E-state index contributed by atoms with van der Waals surface area (Å²) >= 11 is 0. The molecule has 8 nitrogen and oxygen atoms in total. The van der Waals surface area contributed by atoms with Gasteiger partial charge in [-0.1, -0.05) is 12.1 Å². The molecule has 0 aromatic heterocycles. The Labute approximate surface area is 167 Å². The topological polar surface area (TPSA) is 104 Å². The SMILES string of the molecule is CCNC(=O)CN=C(NCC)NCCc1ccc(NC(=O)OC(C)(C)C)cc1. The van der Waals surface area contributed by atoms with Crippen LogP contribution in [0.3, 0.4) is 0 Å². The van der Waals surface area contributed by atoms with Crippen LogP contribution in [0.1, 0.15) is 40.2 Å². The maximum atomic E-state index is 11.8. The minimum Gasteiger partial charge on any atom is -0.444 e. The normalized spacial score (nSPS) is 11.5. The number of hydrogen-bond donors (Lipinski definition) is 4. The van der Waals surface area contributed by atoms with E-state index in [0.717, 1.165) is 12.0 Å². The van der Waals surface area contributed by atoms with Gasteiger partial charge in [-0.3, -0.25) is 10.1 Å². The number of anilines is 1. The molecule has 1 aromatic carbocycles. The average Bonchev–Trinajstić information content (AvgIpc) is 2.60. The molecule has 0 saturated carbocycles. The van der Waals surface area contributed by atoms with Crippen molar-refractivity contribution in [3.05, 3.63) is 29.8 Å². The summed E-state index contributed by atoms with van der Waals surface area (Å²) in [5, 5.41) is 11.7. The van der Waals surface area contributed by atoms with Gasteiger partial charge in [0.2, 0.25) is 5.91 Å². The molecule has 0 saturated heterocycles. The van der Waals surface area contributed by atoms with Gasteiger partial charge in [-0.2, -0.15) is 0 Å². The fourth-order valence-corrected chi connectivity index (χ4v) is 2.25. The zero-order valence-electron chi connectivity index (χ0n) is 17.5. The van der Waals surface area contributed by atoms with Crippen molar-refractivity contribution < 1.29 is 14.3 Å². The van der Waals surface area contributed by atoms with Gasteiger partial charge in [0.15, 0.2) is 5.96 Å². The van der Waals surface area contributed by atoms with Crippen LogP contribution in [-0.2, 0) is 16.0 Å². The number of aliphatic imine (C=N–C) groups is 1. The van der Waals surface area contributed by atoms with Crippen LogP contribution < -0.4 is 21.3 Å². The van der Waals surface area contributed by atoms with E-state index < -0.39 is 11.7 Å². The van der Waals surface area contributed by atoms with Crippen molar-refractivity contribution in [1.82, 2.24) is 16.0 Å². The fourth-order valence-electron chi connectivity index (χ4n) is 2.25. The average molecular weight is 392 g/mol. The number of guanidine groups is 1. The number of nitrogens with zero attached hydrogens (tertiary/aromatic N) is 1. The third-order valence-corrected chi connectivity index (χ3v) is 3.40. The van der Waals surface area contributed by atoms with Crippen molar-refractivity contribution in [1.29, 1.82) is 0 Å². The molecule has 0 bridgehead atoms. The Morgan fingerprint density at radius 2 is 1.64 bits per heavy atom. The van der Waals surface area contributed by atoms with Gasteiger partial charge in [0.05, 0.1) is 0 Å². The maximum absolute atomic E-state index is 11.8. The summed E-state index contributed by atoms with van der Waals surface area (Å²) < 4.78 is 5.23. The highest BCUT2D eigenvalue weighted by atomic mass is 16.6. The lowest BCUT2D eigenvalue weighted by Gasteiger charge is -2.19. The first-order valence-electron chi connectivity index (χ1n) is 9.61. The lowest BCUT2D eigenvalue weighted by Crippen LogP contribution is -2.39. The number of benzene rings is 1. The molecular formula is C20H33N5O3. The van der Waals surface area contributed by atoms with Crippen LogP contribution in [0.4, 0.5) is 10.5 Å². The van der Waals surface area contributed by atoms with Gasteiger partial charge < -0.3 is 20.7 Å². The van der Waals surface area contributed by atoms with Gasteiger partial charge in [-0.25, -0.2) is 9.79 Å². The first-order chi connectivity index (χ1) is 13.2. The summed E-state index contributed by atoms with van der Waals surface area (Å²) in [6, 6.07) is 7.58. The number of likely N-dealkylation sites (N-methyl/N-ethyl adjacent to an activating group) is 1.